The minimum absolute atomic E-state index is 0.0515. The van der Waals surface area contributed by atoms with Gasteiger partial charge in [0.05, 0.1) is 0 Å². The third-order valence-corrected chi connectivity index (χ3v) is 3.89. The van der Waals surface area contributed by atoms with Gasteiger partial charge >= 0.3 is 0 Å². The summed E-state index contributed by atoms with van der Waals surface area (Å²) in [5.41, 5.74) is 1.13. The Morgan fingerprint density at radius 1 is 1.00 bits per heavy atom. The number of piperidine rings is 1. The van der Waals surface area contributed by atoms with Crippen molar-refractivity contribution in [2.45, 2.75) is 19.3 Å². The smallest absolute Gasteiger partial charge is 0.200 e. The van der Waals surface area contributed by atoms with E-state index in [0.29, 0.717) is 11.1 Å². The number of nitrogens with zero attached hydrogens (tertiary/aromatic N) is 2. The quantitative estimate of drug-likeness (QED) is 0.444. The molecular weight excluding hydrogens is 252 g/mol. The van der Waals surface area contributed by atoms with Crippen molar-refractivity contribution in [3.63, 3.8) is 0 Å². The number of carbonyl (C=O) groups excluding carboxylic acids is 2. The van der Waals surface area contributed by atoms with Gasteiger partial charge in [-0.2, -0.15) is 5.26 Å². The summed E-state index contributed by atoms with van der Waals surface area (Å²) >= 11 is 0. The lowest BCUT2D eigenvalue weighted by atomic mass is 10.1. The van der Waals surface area contributed by atoms with Gasteiger partial charge in [0.2, 0.25) is 11.6 Å². The molecule has 1 aliphatic carbocycles. The average Bonchev–Trinajstić information content (AvgIpc) is 2.75. The molecule has 1 aromatic rings. The van der Waals surface area contributed by atoms with E-state index in [1.807, 2.05) is 4.90 Å². The Kier molecular flexibility index (Phi) is 3.11. The van der Waals surface area contributed by atoms with E-state index in [1.165, 1.54) is 0 Å². The Bertz CT molecular complexity index is 624. The number of hydrogen-bond donors (Lipinski definition) is 0. The average molecular weight is 266 g/mol. The molecule has 100 valence electrons. The molecule has 20 heavy (non-hydrogen) atoms. The SMILES string of the molecule is N#CC(=C1C(=O)c2ccccc2C1=O)N1CCCCC1. The van der Waals surface area contributed by atoms with Crippen LogP contribution >= 0.6 is 0 Å². The van der Waals surface area contributed by atoms with Gasteiger partial charge < -0.3 is 4.90 Å². The van der Waals surface area contributed by atoms with Crippen molar-refractivity contribution in [2.75, 3.05) is 13.1 Å². The molecule has 0 aromatic heterocycles. The number of nitriles is 1. The Hall–Kier alpha value is -2.41. The van der Waals surface area contributed by atoms with E-state index in [0.717, 1.165) is 32.4 Å². The van der Waals surface area contributed by atoms with Crippen molar-refractivity contribution in [3.05, 3.63) is 46.7 Å². The topological polar surface area (TPSA) is 61.2 Å². The molecule has 1 aliphatic heterocycles. The monoisotopic (exact) mass is 266 g/mol. The number of ketones is 2. The lowest BCUT2D eigenvalue weighted by molar-refractivity contribution is 0.0982. The molecule has 0 saturated carbocycles. The Balaban J connectivity index is 2.09. The van der Waals surface area contributed by atoms with E-state index in [1.54, 1.807) is 24.3 Å². The highest BCUT2D eigenvalue weighted by Crippen LogP contribution is 2.30. The first-order chi connectivity index (χ1) is 9.74. The van der Waals surface area contributed by atoms with E-state index in [4.69, 9.17) is 0 Å². The summed E-state index contributed by atoms with van der Waals surface area (Å²) in [4.78, 5) is 26.7. The summed E-state index contributed by atoms with van der Waals surface area (Å²) in [7, 11) is 0. The number of carbonyl (C=O) groups is 2. The number of Topliss-reactive ketones (excluding diaryl/α,β-unsaturated/α-hetero) is 2. The minimum Gasteiger partial charge on any atom is -0.362 e. The Morgan fingerprint density at radius 2 is 1.55 bits per heavy atom. The predicted octanol–water partition coefficient (Wildman–Crippen LogP) is 2.33. The molecule has 2 aliphatic rings. The van der Waals surface area contributed by atoms with E-state index >= 15 is 0 Å². The van der Waals surface area contributed by atoms with Crippen LogP contribution in [0.15, 0.2) is 35.5 Å². The fourth-order valence-corrected chi connectivity index (χ4v) is 2.87. The predicted molar refractivity (Wildman–Crippen MR) is 73.2 cm³/mol. The fraction of sp³-hybridized carbons (Fsp3) is 0.312. The van der Waals surface area contributed by atoms with Gasteiger partial charge in [-0.1, -0.05) is 24.3 Å². The highest BCUT2D eigenvalue weighted by Gasteiger charge is 2.37. The van der Waals surface area contributed by atoms with E-state index in [-0.39, 0.29) is 22.8 Å². The standard InChI is InChI=1S/C16H14N2O2/c17-10-13(18-8-4-1-5-9-18)14-15(19)11-6-2-3-7-12(11)16(14)20/h2-3,6-7H,1,4-5,8-9H2. The number of hydrogen-bond acceptors (Lipinski definition) is 4. The molecule has 0 amide bonds. The Morgan fingerprint density at radius 3 is 2.05 bits per heavy atom. The molecule has 1 heterocycles. The summed E-state index contributed by atoms with van der Waals surface area (Å²) in [6.45, 7) is 1.48. The molecule has 0 N–H and O–H groups in total. The van der Waals surface area contributed by atoms with Gasteiger partial charge in [0.1, 0.15) is 17.3 Å². The molecule has 0 spiro atoms. The van der Waals surface area contributed by atoms with Crippen LogP contribution in [0.25, 0.3) is 0 Å². The van der Waals surface area contributed by atoms with Crippen molar-refractivity contribution in [1.82, 2.24) is 4.90 Å². The second-order valence-electron chi connectivity index (χ2n) is 5.09. The first-order valence-corrected chi connectivity index (χ1v) is 6.82. The van der Waals surface area contributed by atoms with Gasteiger partial charge in [-0.15, -0.1) is 0 Å². The zero-order valence-electron chi connectivity index (χ0n) is 11.1. The second kappa shape index (κ2) is 4.93. The zero-order valence-corrected chi connectivity index (χ0v) is 11.1. The normalized spacial score (nSPS) is 17.9. The van der Waals surface area contributed by atoms with E-state index in [2.05, 4.69) is 6.07 Å². The number of fused-ring (bicyclic) bond motifs is 1. The molecular formula is C16H14N2O2. The maximum Gasteiger partial charge on any atom is 0.200 e. The summed E-state index contributed by atoms with van der Waals surface area (Å²) < 4.78 is 0. The van der Waals surface area contributed by atoms with Crippen LogP contribution in [0.4, 0.5) is 0 Å². The maximum absolute atomic E-state index is 12.4. The summed E-state index contributed by atoms with van der Waals surface area (Å²) in [6, 6.07) is 8.84. The zero-order chi connectivity index (χ0) is 14.1. The van der Waals surface area contributed by atoms with E-state index in [9.17, 15) is 14.9 Å². The van der Waals surface area contributed by atoms with Crippen molar-refractivity contribution in [3.8, 4) is 6.07 Å². The van der Waals surface area contributed by atoms with E-state index < -0.39 is 0 Å². The third kappa shape index (κ3) is 1.83. The highest BCUT2D eigenvalue weighted by molar-refractivity contribution is 6.40. The lowest BCUT2D eigenvalue weighted by Crippen LogP contribution is -2.30. The minimum atomic E-state index is -0.312. The van der Waals surface area contributed by atoms with Crippen LogP contribution in [0.3, 0.4) is 0 Å². The van der Waals surface area contributed by atoms with Gasteiger partial charge in [-0.05, 0) is 19.3 Å². The largest absolute Gasteiger partial charge is 0.362 e. The van der Waals surface area contributed by atoms with Gasteiger partial charge in [0.15, 0.2) is 0 Å². The van der Waals surface area contributed by atoms with Crippen LogP contribution in [0.5, 0.6) is 0 Å². The molecule has 1 aromatic carbocycles. The second-order valence-corrected chi connectivity index (χ2v) is 5.09. The Labute approximate surface area is 117 Å². The van der Waals surface area contributed by atoms with Crippen LogP contribution in [0.1, 0.15) is 40.0 Å². The number of benzene rings is 1. The molecule has 1 fully saturated rings. The molecule has 0 radical (unpaired) electrons. The molecule has 3 rings (SSSR count). The first-order valence-electron chi connectivity index (χ1n) is 6.82. The third-order valence-electron chi connectivity index (χ3n) is 3.89. The van der Waals surface area contributed by atoms with Crippen LogP contribution in [-0.2, 0) is 0 Å². The van der Waals surface area contributed by atoms with Crippen LogP contribution < -0.4 is 0 Å². The van der Waals surface area contributed by atoms with Gasteiger partial charge in [0.25, 0.3) is 0 Å². The summed E-state index contributed by atoms with van der Waals surface area (Å²) in [5.74, 6) is -0.625. The molecule has 4 nitrogen and oxygen atoms in total. The van der Waals surface area contributed by atoms with Gasteiger partial charge in [0, 0.05) is 24.2 Å². The molecule has 0 bridgehead atoms. The van der Waals surface area contributed by atoms with Crippen molar-refractivity contribution in [2.24, 2.45) is 0 Å². The van der Waals surface area contributed by atoms with Crippen LogP contribution in [0.2, 0.25) is 0 Å². The van der Waals surface area contributed by atoms with Crippen molar-refractivity contribution < 1.29 is 9.59 Å². The maximum atomic E-state index is 12.4. The van der Waals surface area contributed by atoms with Crippen LogP contribution in [0, 0.1) is 11.3 Å². The molecule has 1 saturated heterocycles. The number of rotatable bonds is 1. The molecule has 0 unspecified atom stereocenters. The highest BCUT2D eigenvalue weighted by atomic mass is 16.2. The summed E-state index contributed by atoms with van der Waals surface area (Å²) in [6.07, 6.45) is 3.12. The fourth-order valence-electron chi connectivity index (χ4n) is 2.87. The lowest BCUT2D eigenvalue weighted by Gasteiger charge is -2.28. The van der Waals surface area contributed by atoms with Crippen molar-refractivity contribution >= 4 is 11.6 Å². The molecule has 4 heteroatoms. The molecule has 0 atom stereocenters. The number of allylic oxidation sites excluding steroid dienone is 2. The van der Waals surface area contributed by atoms with Gasteiger partial charge in [-0.25, -0.2) is 0 Å². The van der Waals surface area contributed by atoms with Crippen molar-refractivity contribution in [1.29, 1.82) is 5.26 Å². The van der Waals surface area contributed by atoms with Gasteiger partial charge in [-0.3, -0.25) is 9.59 Å². The first kappa shape index (κ1) is 12.6. The summed E-state index contributed by atoms with van der Waals surface area (Å²) in [5, 5.41) is 9.40. The number of likely N-dealkylation sites (tertiary alicyclic amines) is 1. The van der Waals surface area contributed by atoms with Crippen LogP contribution in [-0.4, -0.2) is 29.6 Å².